The van der Waals surface area contributed by atoms with E-state index < -0.39 is 0 Å². The van der Waals surface area contributed by atoms with Crippen molar-refractivity contribution in [1.29, 1.82) is 0 Å². The van der Waals surface area contributed by atoms with E-state index in [1.807, 2.05) is 13.0 Å². The van der Waals surface area contributed by atoms with Crippen LogP contribution in [-0.2, 0) is 5.75 Å². The number of benzene rings is 1. The van der Waals surface area contributed by atoms with Crippen LogP contribution >= 0.6 is 12.6 Å². The number of anilines is 1. The quantitative estimate of drug-likeness (QED) is 0.415. The summed E-state index contributed by atoms with van der Waals surface area (Å²) in [4.78, 5) is 10.6. The van der Waals surface area contributed by atoms with E-state index in [2.05, 4.69) is 12.6 Å². The number of carbonyl (C=O) groups excluding carboxylic acids is 1. The Kier molecular flexibility index (Phi) is 2.76. The Morgan fingerprint density at radius 1 is 1.58 bits per heavy atom. The average Bonchev–Trinajstić information content (AvgIpc) is 2.08. The van der Waals surface area contributed by atoms with E-state index in [0.29, 0.717) is 17.0 Å². The molecule has 0 aliphatic heterocycles. The van der Waals surface area contributed by atoms with Gasteiger partial charge in [0, 0.05) is 17.0 Å². The molecular weight excluding hydrogens is 170 g/mol. The van der Waals surface area contributed by atoms with Crippen LogP contribution in [0.25, 0.3) is 0 Å². The van der Waals surface area contributed by atoms with Gasteiger partial charge in [-0.2, -0.15) is 12.6 Å². The summed E-state index contributed by atoms with van der Waals surface area (Å²) in [6.07, 6.45) is 0.818. The molecule has 0 saturated heterocycles. The van der Waals surface area contributed by atoms with Crippen LogP contribution in [0.1, 0.15) is 21.5 Å². The van der Waals surface area contributed by atoms with Gasteiger partial charge in [-0.1, -0.05) is 0 Å². The number of thiol groups is 1. The second-order valence-electron chi connectivity index (χ2n) is 2.67. The lowest BCUT2D eigenvalue weighted by Gasteiger charge is -2.06. The zero-order chi connectivity index (χ0) is 9.14. The summed E-state index contributed by atoms with van der Waals surface area (Å²) in [7, 11) is 0. The monoisotopic (exact) mass is 181 g/mol. The molecule has 0 spiro atoms. The minimum Gasteiger partial charge on any atom is -0.399 e. The molecule has 12 heavy (non-hydrogen) atoms. The SMILES string of the molecule is Cc1c(C=O)cc(N)cc1CS. The van der Waals surface area contributed by atoms with E-state index >= 15 is 0 Å². The molecule has 1 aromatic carbocycles. The Balaban J connectivity index is 3.31. The second kappa shape index (κ2) is 3.63. The molecule has 2 N–H and O–H groups in total. The van der Waals surface area contributed by atoms with Gasteiger partial charge in [0.2, 0.25) is 0 Å². The van der Waals surface area contributed by atoms with E-state index in [0.717, 1.165) is 17.4 Å². The molecule has 0 aromatic heterocycles. The predicted molar refractivity (Wildman–Crippen MR) is 53.7 cm³/mol. The van der Waals surface area contributed by atoms with Gasteiger partial charge >= 0.3 is 0 Å². The largest absolute Gasteiger partial charge is 0.399 e. The molecule has 0 bridgehead atoms. The maximum atomic E-state index is 10.6. The van der Waals surface area contributed by atoms with Crippen molar-refractivity contribution in [1.82, 2.24) is 0 Å². The lowest BCUT2D eigenvalue weighted by atomic mass is 10.0. The summed E-state index contributed by atoms with van der Waals surface area (Å²) in [6, 6.07) is 3.52. The first kappa shape index (κ1) is 9.13. The zero-order valence-corrected chi connectivity index (χ0v) is 7.77. The van der Waals surface area contributed by atoms with Crippen molar-refractivity contribution in [3.05, 3.63) is 28.8 Å². The van der Waals surface area contributed by atoms with Crippen molar-refractivity contribution in [3.63, 3.8) is 0 Å². The molecule has 2 nitrogen and oxygen atoms in total. The third kappa shape index (κ3) is 1.61. The molecule has 0 amide bonds. The summed E-state index contributed by atoms with van der Waals surface area (Å²) < 4.78 is 0. The van der Waals surface area contributed by atoms with Crippen LogP contribution in [0.4, 0.5) is 5.69 Å². The highest BCUT2D eigenvalue weighted by atomic mass is 32.1. The number of hydrogen-bond donors (Lipinski definition) is 2. The van der Waals surface area contributed by atoms with Crippen LogP contribution in [0.2, 0.25) is 0 Å². The Morgan fingerprint density at radius 2 is 2.25 bits per heavy atom. The summed E-state index contributed by atoms with van der Waals surface area (Å²) in [5.41, 5.74) is 8.84. The van der Waals surface area contributed by atoms with Crippen LogP contribution in [0.5, 0.6) is 0 Å². The molecule has 0 unspecified atom stereocenters. The lowest BCUT2D eigenvalue weighted by Crippen LogP contribution is -1.96. The fourth-order valence-electron chi connectivity index (χ4n) is 1.11. The van der Waals surface area contributed by atoms with Gasteiger partial charge in [0.05, 0.1) is 0 Å². The molecule has 0 heterocycles. The highest BCUT2D eigenvalue weighted by Crippen LogP contribution is 2.18. The van der Waals surface area contributed by atoms with E-state index in [4.69, 9.17) is 5.73 Å². The Labute approximate surface area is 77.2 Å². The molecule has 64 valence electrons. The summed E-state index contributed by atoms with van der Waals surface area (Å²) in [6.45, 7) is 1.90. The molecule has 3 heteroatoms. The average molecular weight is 181 g/mol. The van der Waals surface area contributed by atoms with E-state index in [9.17, 15) is 4.79 Å². The fourth-order valence-corrected chi connectivity index (χ4v) is 1.44. The molecule has 0 fully saturated rings. The molecule has 0 saturated carbocycles. The standard InChI is InChI=1S/C9H11NOS/c1-6-7(4-11)2-9(10)3-8(6)5-12/h2-4,12H,5,10H2,1H3. The van der Waals surface area contributed by atoms with Crippen molar-refractivity contribution in [2.45, 2.75) is 12.7 Å². The van der Waals surface area contributed by atoms with E-state index in [-0.39, 0.29) is 0 Å². The summed E-state index contributed by atoms with van der Waals surface area (Å²) in [5, 5.41) is 0. The fraction of sp³-hybridized carbons (Fsp3) is 0.222. The maximum Gasteiger partial charge on any atom is 0.150 e. The molecule has 0 aliphatic carbocycles. The summed E-state index contributed by atoms with van der Waals surface area (Å²) >= 11 is 4.14. The van der Waals surface area contributed by atoms with Gasteiger partial charge in [-0.05, 0) is 30.2 Å². The van der Waals surface area contributed by atoms with Gasteiger partial charge in [0.15, 0.2) is 0 Å². The Hall–Kier alpha value is -0.960. The Bertz CT molecular complexity index is 310. The normalized spacial score (nSPS) is 9.83. The number of carbonyl (C=O) groups is 1. The third-order valence-electron chi connectivity index (χ3n) is 1.88. The first-order valence-corrected chi connectivity index (χ1v) is 4.27. The van der Waals surface area contributed by atoms with Crippen LogP contribution in [0, 0.1) is 6.92 Å². The van der Waals surface area contributed by atoms with Gasteiger partial charge in [0.1, 0.15) is 6.29 Å². The molecule has 1 aromatic rings. The van der Waals surface area contributed by atoms with Crippen molar-refractivity contribution >= 4 is 24.6 Å². The zero-order valence-electron chi connectivity index (χ0n) is 6.87. The van der Waals surface area contributed by atoms with Crippen molar-refractivity contribution < 1.29 is 4.79 Å². The van der Waals surface area contributed by atoms with Gasteiger partial charge in [-0.15, -0.1) is 0 Å². The summed E-state index contributed by atoms with van der Waals surface area (Å²) in [5.74, 6) is 0.609. The van der Waals surface area contributed by atoms with E-state index in [1.54, 1.807) is 6.07 Å². The van der Waals surface area contributed by atoms with Crippen molar-refractivity contribution in [2.24, 2.45) is 0 Å². The third-order valence-corrected chi connectivity index (χ3v) is 2.22. The number of rotatable bonds is 2. The highest BCUT2D eigenvalue weighted by molar-refractivity contribution is 7.79. The number of nitrogens with two attached hydrogens (primary N) is 1. The molecular formula is C9H11NOS. The number of hydrogen-bond acceptors (Lipinski definition) is 3. The van der Waals surface area contributed by atoms with Crippen LogP contribution < -0.4 is 5.73 Å². The predicted octanol–water partition coefficient (Wildman–Crippen LogP) is 1.82. The van der Waals surface area contributed by atoms with E-state index in [1.165, 1.54) is 0 Å². The van der Waals surface area contributed by atoms with Gasteiger partial charge in [-0.25, -0.2) is 0 Å². The first-order chi connectivity index (χ1) is 5.69. The van der Waals surface area contributed by atoms with Crippen molar-refractivity contribution in [3.8, 4) is 0 Å². The Morgan fingerprint density at radius 3 is 2.75 bits per heavy atom. The molecule has 0 radical (unpaired) electrons. The molecule has 1 rings (SSSR count). The van der Waals surface area contributed by atoms with Gasteiger partial charge in [0.25, 0.3) is 0 Å². The minimum absolute atomic E-state index is 0.609. The molecule has 0 aliphatic rings. The lowest BCUT2D eigenvalue weighted by molar-refractivity contribution is 0.112. The van der Waals surface area contributed by atoms with Crippen LogP contribution in [-0.4, -0.2) is 6.29 Å². The topological polar surface area (TPSA) is 43.1 Å². The van der Waals surface area contributed by atoms with Gasteiger partial charge in [-0.3, -0.25) is 4.79 Å². The number of nitrogen functional groups attached to an aromatic ring is 1. The maximum absolute atomic E-state index is 10.6. The van der Waals surface area contributed by atoms with Gasteiger partial charge < -0.3 is 5.73 Å². The first-order valence-electron chi connectivity index (χ1n) is 3.64. The highest BCUT2D eigenvalue weighted by Gasteiger charge is 2.03. The molecule has 0 atom stereocenters. The smallest absolute Gasteiger partial charge is 0.150 e. The van der Waals surface area contributed by atoms with Crippen LogP contribution in [0.3, 0.4) is 0 Å². The van der Waals surface area contributed by atoms with Crippen LogP contribution in [0.15, 0.2) is 12.1 Å². The second-order valence-corrected chi connectivity index (χ2v) is 2.99. The van der Waals surface area contributed by atoms with Crippen molar-refractivity contribution in [2.75, 3.05) is 5.73 Å². The number of aldehydes is 1. The minimum atomic E-state index is 0.609.